The van der Waals surface area contributed by atoms with Crippen molar-refractivity contribution in [3.63, 3.8) is 0 Å². The summed E-state index contributed by atoms with van der Waals surface area (Å²) in [5, 5.41) is 3.02. The summed E-state index contributed by atoms with van der Waals surface area (Å²) in [6.07, 6.45) is 1.14. The van der Waals surface area contributed by atoms with Crippen LogP contribution in [0.15, 0.2) is 29.2 Å². The summed E-state index contributed by atoms with van der Waals surface area (Å²) in [5.74, 6) is 0.0625. The van der Waals surface area contributed by atoms with Crippen molar-refractivity contribution in [1.29, 1.82) is 0 Å². The minimum atomic E-state index is -3.23. The molecule has 0 saturated carbocycles. The number of rotatable bonds is 7. The van der Waals surface area contributed by atoms with Crippen LogP contribution in [-0.2, 0) is 19.4 Å². The van der Waals surface area contributed by atoms with Crippen LogP contribution in [0.3, 0.4) is 0 Å². The molecule has 21 heavy (non-hydrogen) atoms. The van der Waals surface area contributed by atoms with Gasteiger partial charge in [-0.05, 0) is 37.7 Å². The molecule has 0 saturated heterocycles. The normalized spacial score (nSPS) is 14.3. The summed E-state index contributed by atoms with van der Waals surface area (Å²) in [7, 11) is -1.91. The van der Waals surface area contributed by atoms with Crippen molar-refractivity contribution >= 4 is 15.8 Å². The van der Waals surface area contributed by atoms with Gasteiger partial charge in [-0.15, -0.1) is 0 Å². The van der Waals surface area contributed by atoms with Gasteiger partial charge in [-0.1, -0.05) is 6.92 Å². The Morgan fingerprint density at radius 3 is 2.29 bits per heavy atom. The Balaban J connectivity index is 2.79. The van der Waals surface area contributed by atoms with E-state index in [1.165, 1.54) is 19.2 Å². The van der Waals surface area contributed by atoms with Gasteiger partial charge in [0, 0.05) is 6.26 Å². The average molecular weight is 315 g/mol. The van der Waals surface area contributed by atoms with Gasteiger partial charge in [0.15, 0.2) is 9.84 Å². The highest BCUT2D eigenvalue weighted by molar-refractivity contribution is 7.90. The van der Waals surface area contributed by atoms with Crippen LogP contribution in [0.2, 0.25) is 0 Å². The Morgan fingerprint density at radius 2 is 1.86 bits per heavy atom. The SMILES string of the molecule is CCNC(C)(COc1ccc(S(C)(=O)=O)cc1)C(=O)OC. The summed E-state index contributed by atoms with van der Waals surface area (Å²) in [6.45, 7) is 4.23. The van der Waals surface area contributed by atoms with Gasteiger partial charge in [-0.3, -0.25) is 5.32 Å². The molecule has 1 atom stereocenters. The molecule has 0 fully saturated rings. The van der Waals surface area contributed by atoms with Crippen molar-refractivity contribution in [3.8, 4) is 5.75 Å². The molecule has 0 aliphatic carbocycles. The molecule has 0 bridgehead atoms. The maximum atomic E-state index is 11.8. The number of carbonyl (C=O) groups is 1. The lowest BCUT2D eigenvalue weighted by atomic mass is 10.0. The quantitative estimate of drug-likeness (QED) is 0.756. The highest BCUT2D eigenvalue weighted by Crippen LogP contribution is 2.17. The van der Waals surface area contributed by atoms with E-state index in [2.05, 4.69) is 5.32 Å². The van der Waals surface area contributed by atoms with Crippen molar-refractivity contribution in [1.82, 2.24) is 5.32 Å². The van der Waals surface area contributed by atoms with Gasteiger partial charge in [-0.25, -0.2) is 13.2 Å². The van der Waals surface area contributed by atoms with Gasteiger partial charge in [0.05, 0.1) is 12.0 Å². The first-order chi connectivity index (χ1) is 9.73. The molecule has 118 valence electrons. The molecule has 6 nitrogen and oxygen atoms in total. The molecular weight excluding hydrogens is 294 g/mol. The van der Waals surface area contributed by atoms with E-state index in [4.69, 9.17) is 9.47 Å². The van der Waals surface area contributed by atoms with E-state index in [9.17, 15) is 13.2 Å². The largest absolute Gasteiger partial charge is 0.491 e. The zero-order valence-corrected chi connectivity index (χ0v) is 13.5. The van der Waals surface area contributed by atoms with E-state index < -0.39 is 21.3 Å². The standard InChI is InChI=1S/C14H21NO5S/c1-5-15-14(2,13(16)19-3)10-20-11-6-8-12(9-7-11)21(4,17)18/h6-9,15H,5,10H2,1-4H3. The van der Waals surface area contributed by atoms with Gasteiger partial charge in [0.1, 0.15) is 17.9 Å². The molecule has 0 aromatic heterocycles. The number of methoxy groups -OCH3 is 1. The molecule has 0 amide bonds. The summed E-state index contributed by atoms with van der Waals surface area (Å²) in [5.41, 5.74) is -0.959. The third-order valence-corrected chi connectivity index (χ3v) is 4.11. The van der Waals surface area contributed by atoms with Crippen LogP contribution in [0.1, 0.15) is 13.8 Å². The van der Waals surface area contributed by atoms with E-state index in [0.29, 0.717) is 12.3 Å². The lowest BCUT2D eigenvalue weighted by Crippen LogP contribution is -2.54. The van der Waals surface area contributed by atoms with Crippen LogP contribution < -0.4 is 10.1 Å². The molecule has 0 aliphatic heterocycles. The highest BCUT2D eigenvalue weighted by Gasteiger charge is 2.34. The summed E-state index contributed by atoms with van der Waals surface area (Å²) in [6, 6.07) is 6.04. The third kappa shape index (κ3) is 4.71. The number of ether oxygens (including phenoxy) is 2. The van der Waals surface area contributed by atoms with E-state index in [-0.39, 0.29) is 11.5 Å². The molecule has 0 aliphatic rings. The van der Waals surface area contributed by atoms with Crippen LogP contribution in [-0.4, -0.2) is 46.4 Å². The minimum Gasteiger partial charge on any atom is -0.491 e. The first kappa shape index (κ1) is 17.5. The molecule has 1 N–H and O–H groups in total. The number of nitrogens with one attached hydrogen (secondary N) is 1. The second-order valence-corrected chi connectivity index (χ2v) is 6.90. The number of hydrogen-bond donors (Lipinski definition) is 1. The monoisotopic (exact) mass is 315 g/mol. The van der Waals surface area contributed by atoms with E-state index in [1.54, 1.807) is 19.1 Å². The molecule has 0 spiro atoms. The van der Waals surface area contributed by atoms with Crippen LogP contribution in [0, 0.1) is 0 Å². The number of hydrogen-bond acceptors (Lipinski definition) is 6. The van der Waals surface area contributed by atoms with E-state index in [1.807, 2.05) is 6.92 Å². The van der Waals surface area contributed by atoms with Crippen molar-refractivity contribution < 1.29 is 22.7 Å². The molecule has 1 aromatic rings. The second-order valence-electron chi connectivity index (χ2n) is 4.89. The molecular formula is C14H21NO5S. The van der Waals surface area contributed by atoms with Gasteiger partial charge >= 0.3 is 5.97 Å². The van der Waals surface area contributed by atoms with Gasteiger partial charge in [-0.2, -0.15) is 0 Å². The van der Waals surface area contributed by atoms with E-state index >= 15 is 0 Å². The fourth-order valence-electron chi connectivity index (χ4n) is 1.81. The number of sulfone groups is 1. The molecule has 0 heterocycles. The van der Waals surface area contributed by atoms with Crippen molar-refractivity contribution in [2.24, 2.45) is 0 Å². The number of benzene rings is 1. The Bertz CT molecular complexity index is 582. The Kier molecular flexibility index (Phi) is 5.74. The maximum Gasteiger partial charge on any atom is 0.329 e. The lowest BCUT2D eigenvalue weighted by molar-refractivity contribution is -0.149. The first-order valence-electron chi connectivity index (χ1n) is 6.49. The highest BCUT2D eigenvalue weighted by atomic mass is 32.2. The Morgan fingerprint density at radius 1 is 1.29 bits per heavy atom. The van der Waals surface area contributed by atoms with Gasteiger partial charge in [0.25, 0.3) is 0 Å². The van der Waals surface area contributed by atoms with Crippen molar-refractivity contribution in [2.75, 3.05) is 26.5 Å². The van der Waals surface area contributed by atoms with Crippen molar-refractivity contribution in [3.05, 3.63) is 24.3 Å². The predicted molar refractivity (Wildman–Crippen MR) is 79.1 cm³/mol. The molecule has 1 unspecified atom stereocenters. The van der Waals surface area contributed by atoms with Crippen molar-refractivity contribution in [2.45, 2.75) is 24.3 Å². The number of esters is 1. The van der Waals surface area contributed by atoms with Crippen LogP contribution >= 0.6 is 0 Å². The predicted octanol–water partition coefficient (Wildman–Crippen LogP) is 1.01. The Hall–Kier alpha value is -1.60. The molecule has 0 radical (unpaired) electrons. The molecule has 1 rings (SSSR count). The lowest BCUT2D eigenvalue weighted by Gasteiger charge is -2.27. The van der Waals surface area contributed by atoms with Crippen LogP contribution in [0.5, 0.6) is 5.75 Å². The van der Waals surface area contributed by atoms with E-state index in [0.717, 1.165) is 6.26 Å². The summed E-state index contributed by atoms with van der Waals surface area (Å²) in [4.78, 5) is 12.0. The summed E-state index contributed by atoms with van der Waals surface area (Å²) >= 11 is 0. The third-order valence-electron chi connectivity index (χ3n) is 2.98. The van der Waals surface area contributed by atoms with Gasteiger partial charge in [0.2, 0.25) is 0 Å². The number of carbonyl (C=O) groups excluding carboxylic acids is 1. The van der Waals surface area contributed by atoms with Gasteiger partial charge < -0.3 is 9.47 Å². The summed E-state index contributed by atoms with van der Waals surface area (Å²) < 4.78 is 33.0. The first-order valence-corrected chi connectivity index (χ1v) is 8.38. The zero-order chi connectivity index (χ0) is 16.1. The van der Waals surface area contributed by atoms with Crippen LogP contribution in [0.4, 0.5) is 0 Å². The Labute approximate surface area is 125 Å². The van der Waals surface area contributed by atoms with Crippen LogP contribution in [0.25, 0.3) is 0 Å². The molecule has 1 aromatic carbocycles. The topological polar surface area (TPSA) is 81.7 Å². The smallest absolute Gasteiger partial charge is 0.329 e. The fourth-order valence-corrected chi connectivity index (χ4v) is 2.44. The average Bonchev–Trinajstić information content (AvgIpc) is 2.44. The minimum absolute atomic E-state index is 0.0751. The fraction of sp³-hybridized carbons (Fsp3) is 0.500. The number of likely N-dealkylation sites (N-methyl/N-ethyl adjacent to an activating group) is 1. The molecule has 7 heteroatoms. The maximum absolute atomic E-state index is 11.8. The zero-order valence-electron chi connectivity index (χ0n) is 12.7. The second kappa shape index (κ2) is 6.91.